The number of rotatable bonds is 3. The molecule has 0 bridgehead atoms. The molecule has 27 heavy (non-hydrogen) atoms. The van der Waals surface area contributed by atoms with Crippen LogP contribution < -0.4 is 4.90 Å². The summed E-state index contributed by atoms with van der Waals surface area (Å²) >= 11 is 6.34. The number of nitrogens with zero attached hydrogens (tertiary/aromatic N) is 5. The summed E-state index contributed by atoms with van der Waals surface area (Å²) in [6, 6.07) is 5.67. The van der Waals surface area contributed by atoms with E-state index in [-0.39, 0.29) is 6.04 Å². The second-order valence-electron chi connectivity index (χ2n) is 6.70. The zero-order valence-electron chi connectivity index (χ0n) is 14.7. The van der Waals surface area contributed by atoms with Crippen molar-refractivity contribution in [3.63, 3.8) is 0 Å². The van der Waals surface area contributed by atoms with E-state index in [0.717, 1.165) is 11.6 Å². The quantitative estimate of drug-likeness (QED) is 0.684. The lowest BCUT2D eigenvalue weighted by Gasteiger charge is -2.40. The highest BCUT2D eigenvalue weighted by molar-refractivity contribution is 6.32. The van der Waals surface area contributed by atoms with Gasteiger partial charge in [-0.1, -0.05) is 17.7 Å². The molecule has 140 valence electrons. The summed E-state index contributed by atoms with van der Waals surface area (Å²) < 4.78 is 27.1. The van der Waals surface area contributed by atoms with E-state index in [1.54, 1.807) is 18.5 Å². The van der Waals surface area contributed by atoms with Crippen molar-refractivity contribution in [3.05, 3.63) is 59.0 Å². The number of piperazine rings is 1. The molecule has 8 heteroatoms. The Kier molecular flexibility index (Phi) is 4.88. The van der Waals surface area contributed by atoms with Crippen molar-refractivity contribution >= 4 is 28.5 Å². The first kappa shape index (κ1) is 18.0. The van der Waals surface area contributed by atoms with Crippen LogP contribution in [0.25, 0.3) is 11.0 Å². The minimum Gasteiger partial charge on any atom is -0.351 e. The Bertz CT molecular complexity index is 983. The Morgan fingerprint density at radius 2 is 2.00 bits per heavy atom. The predicted molar refractivity (Wildman–Crippen MR) is 101 cm³/mol. The maximum atomic E-state index is 14.0. The van der Waals surface area contributed by atoms with Crippen molar-refractivity contribution in [1.29, 1.82) is 0 Å². The van der Waals surface area contributed by atoms with Crippen LogP contribution in [0.5, 0.6) is 0 Å². The van der Waals surface area contributed by atoms with Gasteiger partial charge in [-0.2, -0.15) is 0 Å². The molecule has 5 nitrogen and oxygen atoms in total. The molecule has 0 aliphatic carbocycles. The number of aromatic nitrogens is 3. The van der Waals surface area contributed by atoms with Gasteiger partial charge in [0.05, 0.1) is 11.7 Å². The summed E-state index contributed by atoms with van der Waals surface area (Å²) in [5, 5.41) is 0.348. The third-order valence-corrected chi connectivity index (χ3v) is 5.11. The molecule has 1 unspecified atom stereocenters. The molecule has 1 aliphatic rings. The lowest BCUT2D eigenvalue weighted by molar-refractivity contribution is 0.178. The van der Waals surface area contributed by atoms with Crippen LogP contribution in [-0.2, 0) is 6.54 Å². The van der Waals surface area contributed by atoms with Crippen molar-refractivity contribution < 1.29 is 8.78 Å². The van der Waals surface area contributed by atoms with E-state index in [0.29, 0.717) is 48.2 Å². The zero-order chi connectivity index (χ0) is 19.0. The fourth-order valence-electron chi connectivity index (χ4n) is 3.37. The maximum absolute atomic E-state index is 14.0. The highest BCUT2D eigenvalue weighted by Crippen LogP contribution is 2.27. The van der Waals surface area contributed by atoms with Crippen molar-refractivity contribution in [2.24, 2.45) is 0 Å². The van der Waals surface area contributed by atoms with Crippen LogP contribution in [0.2, 0.25) is 5.15 Å². The molecule has 1 aliphatic heterocycles. The molecular weight excluding hydrogens is 372 g/mol. The van der Waals surface area contributed by atoms with Crippen LogP contribution in [-0.4, -0.2) is 45.5 Å². The van der Waals surface area contributed by atoms with E-state index in [4.69, 9.17) is 11.6 Å². The van der Waals surface area contributed by atoms with Gasteiger partial charge in [0.25, 0.3) is 0 Å². The summed E-state index contributed by atoms with van der Waals surface area (Å²) in [4.78, 5) is 17.3. The fraction of sp³-hybridized carbons (Fsp3) is 0.316. The van der Waals surface area contributed by atoms with Crippen LogP contribution in [0.3, 0.4) is 0 Å². The fourth-order valence-corrected chi connectivity index (χ4v) is 3.62. The topological polar surface area (TPSA) is 45.2 Å². The SMILES string of the molecule is CC1CN(c2nc3ccncc3nc2Cl)CCN1Cc1ccc(F)cc1F. The standard InChI is InChI=1S/C19H18ClF2N5/c1-12-10-27(19-18(20)24-17-9-23-5-4-16(17)25-19)7-6-26(12)11-13-2-3-14(21)8-15(13)22/h2-5,8-9,12H,6-7,10-11H2,1H3. The van der Waals surface area contributed by atoms with Gasteiger partial charge < -0.3 is 4.90 Å². The normalized spacial score (nSPS) is 18.2. The monoisotopic (exact) mass is 389 g/mol. The van der Waals surface area contributed by atoms with Gasteiger partial charge in [0, 0.05) is 50.0 Å². The van der Waals surface area contributed by atoms with Crippen LogP contribution >= 0.6 is 11.6 Å². The van der Waals surface area contributed by atoms with E-state index >= 15 is 0 Å². The van der Waals surface area contributed by atoms with E-state index in [9.17, 15) is 8.78 Å². The highest BCUT2D eigenvalue weighted by Gasteiger charge is 2.27. The van der Waals surface area contributed by atoms with Crippen molar-refractivity contribution in [2.45, 2.75) is 19.5 Å². The van der Waals surface area contributed by atoms with Gasteiger partial charge in [0.1, 0.15) is 17.2 Å². The first-order valence-electron chi connectivity index (χ1n) is 8.71. The number of fused-ring (bicyclic) bond motifs is 1. The van der Waals surface area contributed by atoms with Crippen molar-refractivity contribution in [1.82, 2.24) is 19.9 Å². The molecule has 4 rings (SSSR count). The Labute approximate surface area is 160 Å². The van der Waals surface area contributed by atoms with Crippen LogP contribution in [0, 0.1) is 11.6 Å². The number of hydrogen-bond donors (Lipinski definition) is 0. The third-order valence-electron chi connectivity index (χ3n) is 4.86. The molecule has 3 heterocycles. The van der Waals surface area contributed by atoms with Gasteiger partial charge in [0.2, 0.25) is 0 Å². The van der Waals surface area contributed by atoms with E-state index in [1.807, 2.05) is 0 Å². The number of halogens is 3. The molecule has 2 aromatic heterocycles. The van der Waals surface area contributed by atoms with E-state index in [2.05, 4.69) is 31.7 Å². The Morgan fingerprint density at radius 3 is 2.78 bits per heavy atom. The molecule has 0 radical (unpaired) electrons. The van der Waals surface area contributed by atoms with Crippen LogP contribution in [0.4, 0.5) is 14.6 Å². The average Bonchev–Trinajstić information content (AvgIpc) is 2.65. The molecule has 3 aromatic rings. The summed E-state index contributed by atoms with van der Waals surface area (Å²) in [7, 11) is 0. The smallest absolute Gasteiger partial charge is 0.172 e. The molecule has 1 atom stereocenters. The summed E-state index contributed by atoms with van der Waals surface area (Å²) in [6.45, 7) is 4.60. The largest absolute Gasteiger partial charge is 0.351 e. The van der Waals surface area contributed by atoms with Crippen LogP contribution in [0.1, 0.15) is 12.5 Å². The second-order valence-corrected chi connectivity index (χ2v) is 7.06. The van der Waals surface area contributed by atoms with Crippen LogP contribution in [0.15, 0.2) is 36.7 Å². The lowest BCUT2D eigenvalue weighted by Crippen LogP contribution is -2.51. The molecule has 1 aromatic carbocycles. The Hall–Kier alpha value is -2.38. The first-order chi connectivity index (χ1) is 13.0. The Balaban J connectivity index is 1.51. The van der Waals surface area contributed by atoms with Gasteiger partial charge in [-0.15, -0.1) is 0 Å². The molecule has 1 fully saturated rings. The second kappa shape index (κ2) is 7.32. The lowest BCUT2D eigenvalue weighted by atomic mass is 10.1. The average molecular weight is 390 g/mol. The van der Waals surface area contributed by atoms with E-state index < -0.39 is 11.6 Å². The number of anilines is 1. The van der Waals surface area contributed by atoms with Gasteiger partial charge in [-0.25, -0.2) is 18.7 Å². The third kappa shape index (κ3) is 3.70. The molecular formula is C19H18ClF2N5. The van der Waals surface area contributed by atoms with Gasteiger partial charge in [0.15, 0.2) is 11.0 Å². The highest BCUT2D eigenvalue weighted by atomic mass is 35.5. The summed E-state index contributed by atoms with van der Waals surface area (Å²) in [5.74, 6) is -0.426. The summed E-state index contributed by atoms with van der Waals surface area (Å²) in [6.07, 6.45) is 3.31. The minimum absolute atomic E-state index is 0.147. The van der Waals surface area contributed by atoms with Gasteiger partial charge in [-0.3, -0.25) is 9.88 Å². The number of pyridine rings is 1. The Morgan fingerprint density at radius 1 is 1.15 bits per heavy atom. The number of hydrogen-bond acceptors (Lipinski definition) is 5. The molecule has 0 amide bonds. The summed E-state index contributed by atoms with van der Waals surface area (Å²) in [5.41, 5.74) is 1.89. The van der Waals surface area contributed by atoms with Crippen molar-refractivity contribution in [3.8, 4) is 0 Å². The minimum atomic E-state index is -0.561. The first-order valence-corrected chi connectivity index (χ1v) is 9.09. The van der Waals surface area contributed by atoms with Gasteiger partial charge >= 0.3 is 0 Å². The zero-order valence-corrected chi connectivity index (χ0v) is 15.5. The maximum Gasteiger partial charge on any atom is 0.172 e. The van der Waals surface area contributed by atoms with E-state index in [1.165, 1.54) is 12.1 Å². The molecule has 0 saturated carbocycles. The number of benzene rings is 1. The van der Waals surface area contributed by atoms with Gasteiger partial charge in [-0.05, 0) is 19.1 Å². The molecule has 1 saturated heterocycles. The predicted octanol–water partition coefficient (Wildman–Crippen LogP) is 3.67. The van der Waals surface area contributed by atoms with Crippen molar-refractivity contribution in [2.75, 3.05) is 24.5 Å². The molecule has 0 spiro atoms. The molecule has 0 N–H and O–H groups in total.